The van der Waals surface area contributed by atoms with Gasteiger partial charge in [0.1, 0.15) is 0 Å². The molecule has 1 aliphatic rings. The first-order valence-electron chi connectivity index (χ1n) is 3.60. The van der Waals surface area contributed by atoms with E-state index in [1.807, 2.05) is 0 Å². The van der Waals surface area contributed by atoms with Gasteiger partial charge in [0.05, 0.1) is 11.6 Å². The summed E-state index contributed by atoms with van der Waals surface area (Å²) in [6.07, 6.45) is 0. The lowest BCUT2D eigenvalue weighted by atomic mass is 9.79. The Bertz CT molecular complexity index is 371. The first-order valence-corrected chi connectivity index (χ1v) is 3.98. The molecule has 1 aliphatic heterocycles. The minimum Gasteiger partial charge on any atom is -0.504 e. The molecular formula is C7H5BClFO3. The molecule has 2 N–H and O–H groups in total. The molecule has 0 radical (unpaired) electrons. The molecule has 6 heteroatoms. The van der Waals surface area contributed by atoms with Crippen LogP contribution >= 0.6 is 11.6 Å². The zero-order valence-corrected chi connectivity index (χ0v) is 7.18. The van der Waals surface area contributed by atoms with Crippen molar-refractivity contribution in [2.24, 2.45) is 0 Å². The van der Waals surface area contributed by atoms with Crippen LogP contribution in [0.4, 0.5) is 4.39 Å². The van der Waals surface area contributed by atoms with Crippen LogP contribution in [0.1, 0.15) is 5.56 Å². The molecule has 1 aromatic rings. The second-order valence-corrected chi connectivity index (χ2v) is 3.14. The predicted octanol–water partition coefficient (Wildman–Crippen LogP) is 0.402. The third-order valence-electron chi connectivity index (χ3n) is 1.96. The summed E-state index contributed by atoms with van der Waals surface area (Å²) >= 11 is 5.61. The van der Waals surface area contributed by atoms with E-state index in [9.17, 15) is 9.41 Å². The molecule has 0 bridgehead atoms. The van der Waals surface area contributed by atoms with Crippen LogP contribution in [-0.4, -0.2) is 17.2 Å². The maximum Gasteiger partial charge on any atom is 0.493 e. The second-order valence-electron chi connectivity index (χ2n) is 2.76. The Morgan fingerprint density at radius 3 is 3.00 bits per heavy atom. The summed E-state index contributed by atoms with van der Waals surface area (Å²) < 4.78 is 17.7. The van der Waals surface area contributed by atoms with Crippen molar-refractivity contribution < 1.29 is 19.2 Å². The van der Waals surface area contributed by atoms with Crippen molar-refractivity contribution in [1.82, 2.24) is 0 Å². The molecule has 13 heavy (non-hydrogen) atoms. The number of fused-ring (bicyclic) bond motifs is 1. The molecule has 68 valence electrons. The summed E-state index contributed by atoms with van der Waals surface area (Å²) in [5.74, 6) is -1.45. The van der Waals surface area contributed by atoms with Crippen LogP contribution in [0.5, 0.6) is 5.75 Å². The Balaban J connectivity index is 2.68. The van der Waals surface area contributed by atoms with Crippen LogP contribution in [-0.2, 0) is 11.3 Å². The molecule has 0 spiro atoms. The third-order valence-corrected chi connectivity index (χ3v) is 2.34. The number of rotatable bonds is 0. The van der Waals surface area contributed by atoms with Gasteiger partial charge in [-0.1, -0.05) is 11.6 Å². The number of hydrogen-bond donors (Lipinski definition) is 2. The molecule has 0 aromatic heterocycles. The number of aromatic hydroxyl groups is 1. The monoisotopic (exact) mass is 202 g/mol. The van der Waals surface area contributed by atoms with Crippen molar-refractivity contribution >= 4 is 24.2 Å². The largest absolute Gasteiger partial charge is 0.504 e. The van der Waals surface area contributed by atoms with Crippen molar-refractivity contribution in [3.8, 4) is 5.75 Å². The van der Waals surface area contributed by atoms with Gasteiger partial charge in [0.2, 0.25) is 0 Å². The zero-order valence-electron chi connectivity index (χ0n) is 6.42. The van der Waals surface area contributed by atoms with Gasteiger partial charge in [-0.05, 0) is 11.6 Å². The molecule has 0 aliphatic carbocycles. The zero-order chi connectivity index (χ0) is 9.59. The highest BCUT2D eigenvalue weighted by Crippen LogP contribution is 2.28. The van der Waals surface area contributed by atoms with Gasteiger partial charge in [-0.25, -0.2) is 4.39 Å². The summed E-state index contributed by atoms with van der Waals surface area (Å²) in [6, 6.07) is 1.10. The molecule has 0 amide bonds. The molecule has 1 heterocycles. The van der Waals surface area contributed by atoms with Crippen LogP contribution in [0, 0.1) is 5.82 Å². The smallest absolute Gasteiger partial charge is 0.493 e. The van der Waals surface area contributed by atoms with Gasteiger partial charge in [-0.2, -0.15) is 0 Å². The first-order chi connectivity index (χ1) is 6.11. The quantitative estimate of drug-likeness (QED) is 0.599. The van der Waals surface area contributed by atoms with E-state index in [1.54, 1.807) is 0 Å². The van der Waals surface area contributed by atoms with Crippen LogP contribution in [0.3, 0.4) is 0 Å². The van der Waals surface area contributed by atoms with Crippen LogP contribution < -0.4 is 5.46 Å². The van der Waals surface area contributed by atoms with Crippen molar-refractivity contribution in [2.75, 3.05) is 0 Å². The van der Waals surface area contributed by atoms with Gasteiger partial charge >= 0.3 is 7.12 Å². The maximum atomic E-state index is 12.9. The molecule has 0 saturated carbocycles. The predicted molar refractivity (Wildman–Crippen MR) is 45.5 cm³/mol. The van der Waals surface area contributed by atoms with E-state index in [0.717, 1.165) is 6.07 Å². The fourth-order valence-electron chi connectivity index (χ4n) is 1.31. The van der Waals surface area contributed by atoms with E-state index in [0.29, 0.717) is 5.56 Å². The van der Waals surface area contributed by atoms with E-state index in [-0.39, 0.29) is 17.1 Å². The summed E-state index contributed by atoms with van der Waals surface area (Å²) in [5, 5.41) is 18.2. The lowest BCUT2D eigenvalue weighted by Gasteiger charge is -2.04. The molecule has 0 atom stereocenters. The molecule has 0 fully saturated rings. The average molecular weight is 202 g/mol. The Morgan fingerprint density at radius 1 is 1.62 bits per heavy atom. The Hall–Kier alpha value is -0.775. The number of phenolic OH excluding ortho intramolecular Hbond substituents is 1. The lowest BCUT2D eigenvalue weighted by molar-refractivity contribution is 0.275. The Labute approximate surface area is 78.9 Å². The fourth-order valence-corrected chi connectivity index (χ4v) is 1.62. The van der Waals surface area contributed by atoms with Gasteiger partial charge in [-0.3, -0.25) is 0 Å². The van der Waals surface area contributed by atoms with Gasteiger partial charge in [0.25, 0.3) is 0 Å². The topological polar surface area (TPSA) is 49.7 Å². The molecule has 2 rings (SSSR count). The molecule has 0 saturated heterocycles. The van der Waals surface area contributed by atoms with Crippen molar-refractivity contribution in [2.45, 2.75) is 6.61 Å². The van der Waals surface area contributed by atoms with Gasteiger partial charge < -0.3 is 14.8 Å². The molecular weight excluding hydrogens is 197 g/mol. The van der Waals surface area contributed by atoms with Crippen molar-refractivity contribution in [3.05, 3.63) is 22.5 Å². The van der Waals surface area contributed by atoms with Crippen molar-refractivity contribution in [3.63, 3.8) is 0 Å². The third kappa shape index (κ3) is 1.20. The van der Waals surface area contributed by atoms with E-state index < -0.39 is 18.7 Å². The van der Waals surface area contributed by atoms with Crippen LogP contribution in [0.15, 0.2) is 6.07 Å². The van der Waals surface area contributed by atoms with Gasteiger partial charge in [-0.15, -0.1) is 0 Å². The van der Waals surface area contributed by atoms with E-state index >= 15 is 0 Å². The highest BCUT2D eigenvalue weighted by molar-refractivity contribution is 6.65. The summed E-state index contributed by atoms with van der Waals surface area (Å²) in [5.41, 5.74) is 0.716. The number of halogens is 2. The van der Waals surface area contributed by atoms with E-state index in [2.05, 4.69) is 0 Å². The number of benzene rings is 1. The highest BCUT2D eigenvalue weighted by Gasteiger charge is 2.32. The van der Waals surface area contributed by atoms with E-state index in [1.165, 1.54) is 0 Å². The maximum absolute atomic E-state index is 12.9. The SMILES string of the molecule is OB1OCc2cc(F)c(O)c(Cl)c21. The number of hydrogen-bond acceptors (Lipinski definition) is 3. The summed E-state index contributed by atoms with van der Waals surface area (Å²) in [7, 11) is -1.17. The molecule has 1 aromatic carbocycles. The minimum absolute atomic E-state index is 0.105. The summed E-state index contributed by atoms with van der Waals surface area (Å²) in [4.78, 5) is 0. The average Bonchev–Trinajstić information content (AvgIpc) is 2.43. The second kappa shape index (κ2) is 2.87. The minimum atomic E-state index is -1.17. The first kappa shape index (κ1) is 8.81. The standard InChI is InChI=1S/C7H5BClFO3/c9-6-5-3(2-13-8(5)12)1-4(10)7(6)11/h1,11-12H,2H2. The van der Waals surface area contributed by atoms with Gasteiger partial charge in [0, 0.05) is 5.46 Å². The van der Waals surface area contributed by atoms with Crippen LogP contribution in [0.2, 0.25) is 5.02 Å². The summed E-state index contributed by atoms with van der Waals surface area (Å²) in [6.45, 7) is 0.105. The molecule has 0 unspecified atom stereocenters. The lowest BCUT2D eigenvalue weighted by Crippen LogP contribution is -2.29. The number of phenols is 1. The van der Waals surface area contributed by atoms with Crippen LogP contribution in [0.25, 0.3) is 0 Å². The highest BCUT2D eigenvalue weighted by atomic mass is 35.5. The van der Waals surface area contributed by atoms with Gasteiger partial charge in [0.15, 0.2) is 11.6 Å². The van der Waals surface area contributed by atoms with Crippen molar-refractivity contribution in [1.29, 1.82) is 0 Å². The van der Waals surface area contributed by atoms with E-state index in [4.69, 9.17) is 21.4 Å². The Morgan fingerprint density at radius 2 is 2.31 bits per heavy atom. The normalized spacial score (nSPS) is 14.8. The Kier molecular flexibility index (Phi) is 1.94. The molecule has 3 nitrogen and oxygen atoms in total. The fraction of sp³-hybridized carbons (Fsp3) is 0.143.